The second-order valence-electron chi connectivity index (χ2n) is 6.77. The summed E-state index contributed by atoms with van der Waals surface area (Å²) in [7, 11) is 1.87. The molecule has 0 aliphatic rings. The minimum absolute atomic E-state index is 0.00281. The predicted molar refractivity (Wildman–Crippen MR) is 118 cm³/mol. The fourth-order valence-electron chi connectivity index (χ4n) is 3.00. The molecule has 0 radical (unpaired) electrons. The van der Waals surface area contributed by atoms with E-state index in [0.717, 1.165) is 28.8 Å². The summed E-state index contributed by atoms with van der Waals surface area (Å²) >= 11 is 0. The molecule has 30 heavy (non-hydrogen) atoms. The van der Waals surface area contributed by atoms with E-state index in [4.69, 9.17) is 4.74 Å². The molecule has 0 aliphatic carbocycles. The van der Waals surface area contributed by atoms with Gasteiger partial charge in [0.2, 0.25) is 0 Å². The lowest BCUT2D eigenvalue weighted by Crippen LogP contribution is -2.05. The average Bonchev–Trinajstić information content (AvgIpc) is 3.27. The van der Waals surface area contributed by atoms with E-state index in [9.17, 15) is 8.78 Å². The third kappa shape index (κ3) is 5.75. The molecule has 162 valence electrons. The van der Waals surface area contributed by atoms with Crippen molar-refractivity contribution in [2.45, 2.75) is 40.5 Å². The van der Waals surface area contributed by atoms with Gasteiger partial charge in [0.15, 0.2) is 11.6 Å². The van der Waals surface area contributed by atoms with Crippen LogP contribution in [-0.4, -0.2) is 21.4 Å². The van der Waals surface area contributed by atoms with Gasteiger partial charge in [0, 0.05) is 48.9 Å². The number of nitrogens with zero attached hydrogens (tertiary/aromatic N) is 1. The van der Waals surface area contributed by atoms with Crippen LogP contribution in [0.25, 0.3) is 11.3 Å². The first kappa shape index (κ1) is 23.3. The molecule has 2 aromatic heterocycles. The minimum Gasteiger partial charge on any atom is -0.491 e. The molecule has 2 heterocycles. The maximum Gasteiger partial charge on any atom is 0.171 e. The monoisotopic (exact) mass is 415 g/mol. The van der Waals surface area contributed by atoms with Gasteiger partial charge in [-0.25, -0.2) is 8.78 Å². The normalized spacial score (nSPS) is 10.2. The Labute approximate surface area is 177 Å². The molecular weight excluding hydrogens is 384 g/mol. The van der Waals surface area contributed by atoms with E-state index < -0.39 is 11.6 Å². The molecule has 0 aliphatic heterocycles. The van der Waals surface area contributed by atoms with E-state index in [1.54, 1.807) is 10.9 Å². The fourth-order valence-corrected chi connectivity index (χ4v) is 3.00. The minimum atomic E-state index is -0.641. The molecule has 1 aromatic carbocycles. The number of ether oxygens (including phenoxy) is 1. The van der Waals surface area contributed by atoms with Crippen LogP contribution in [0.4, 0.5) is 8.78 Å². The molecule has 0 saturated heterocycles. The number of rotatable bonds is 6. The van der Waals surface area contributed by atoms with Crippen LogP contribution in [0.3, 0.4) is 0 Å². The quantitative estimate of drug-likeness (QED) is 0.476. The number of aromatic amines is 2. The molecule has 0 unspecified atom stereocenters. The van der Waals surface area contributed by atoms with Crippen LogP contribution in [0.2, 0.25) is 0 Å². The molecule has 6 heteroatoms. The van der Waals surface area contributed by atoms with Crippen LogP contribution < -0.4 is 4.74 Å². The van der Waals surface area contributed by atoms with Crippen molar-refractivity contribution in [3.63, 3.8) is 0 Å². The number of nitrogens with one attached hydrogen (secondary N) is 2. The van der Waals surface area contributed by atoms with Gasteiger partial charge < -0.3 is 14.8 Å². The molecule has 3 rings (SSSR count). The highest BCUT2D eigenvalue weighted by Crippen LogP contribution is 2.27. The third-order valence-electron chi connectivity index (χ3n) is 4.54. The standard InChI is InChI=1S/C22H25F2N3O.C2H6/c1-4-10-28-21-8-7-19(23)18(22(21)24)12-16-13-26-27(3)14-17(11-15(16)2)20-6-5-9-25-20;1-2/h5-9,11,13-14,25-26H,4,10,12H2,1-3H3;1-2H3. The van der Waals surface area contributed by atoms with E-state index >= 15 is 0 Å². The number of aryl methyl sites for hydroxylation is 2. The van der Waals surface area contributed by atoms with Crippen molar-refractivity contribution in [2.75, 3.05) is 6.61 Å². The Balaban J connectivity index is 0.00000155. The van der Waals surface area contributed by atoms with Gasteiger partial charge in [0.1, 0.15) is 5.82 Å². The zero-order valence-corrected chi connectivity index (χ0v) is 18.4. The predicted octanol–water partition coefficient (Wildman–Crippen LogP) is 6.47. The average molecular weight is 416 g/mol. The topological polar surface area (TPSA) is 45.7 Å². The van der Waals surface area contributed by atoms with Gasteiger partial charge >= 0.3 is 0 Å². The molecule has 0 fully saturated rings. The molecule has 0 bridgehead atoms. The first-order valence-electron chi connectivity index (χ1n) is 10.3. The molecule has 3 aromatic rings. The van der Waals surface area contributed by atoms with Crippen LogP contribution >= 0.6 is 0 Å². The Bertz CT molecular complexity index is 986. The summed E-state index contributed by atoms with van der Waals surface area (Å²) in [6.07, 6.45) is 6.44. The fraction of sp³-hybridized carbons (Fsp3) is 0.333. The first-order valence-corrected chi connectivity index (χ1v) is 10.3. The smallest absolute Gasteiger partial charge is 0.171 e. The zero-order chi connectivity index (χ0) is 22.1. The van der Waals surface area contributed by atoms with Gasteiger partial charge in [-0.05, 0) is 54.8 Å². The number of H-pyrrole nitrogens is 2. The van der Waals surface area contributed by atoms with E-state index in [0.29, 0.717) is 6.61 Å². The number of aromatic nitrogens is 3. The highest BCUT2D eigenvalue weighted by Gasteiger charge is 2.16. The summed E-state index contributed by atoms with van der Waals surface area (Å²) in [4.78, 5) is 3.18. The van der Waals surface area contributed by atoms with Crippen LogP contribution in [0, 0.1) is 18.6 Å². The summed E-state index contributed by atoms with van der Waals surface area (Å²) in [5.74, 6) is -1.13. The number of hydrogen-bond donors (Lipinski definition) is 2. The Kier molecular flexibility index (Phi) is 8.71. The van der Waals surface area contributed by atoms with Gasteiger partial charge in [0.25, 0.3) is 0 Å². The second kappa shape index (κ2) is 11.2. The lowest BCUT2D eigenvalue weighted by molar-refractivity contribution is 0.299. The van der Waals surface area contributed by atoms with Gasteiger partial charge in [0.05, 0.1) is 6.61 Å². The highest BCUT2D eigenvalue weighted by atomic mass is 19.1. The maximum absolute atomic E-state index is 14.8. The van der Waals surface area contributed by atoms with Gasteiger partial charge in [-0.3, -0.25) is 4.68 Å². The van der Waals surface area contributed by atoms with E-state index in [2.05, 4.69) is 10.1 Å². The van der Waals surface area contributed by atoms with Crippen molar-refractivity contribution in [1.82, 2.24) is 14.8 Å². The Hall–Kier alpha value is -3.02. The molecular formula is C24H31F2N3O. The lowest BCUT2D eigenvalue weighted by atomic mass is 10.0. The van der Waals surface area contributed by atoms with Gasteiger partial charge in [-0.1, -0.05) is 20.8 Å². The van der Waals surface area contributed by atoms with Crippen LogP contribution in [0.5, 0.6) is 5.75 Å². The summed E-state index contributed by atoms with van der Waals surface area (Å²) in [5, 5.41) is 3.13. The van der Waals surface area contributed by atoms with E-state index in [-0.39, 0.29) is 17.7 Å². The zero-order valence-electron chi connectivity index (χ0n) is 18.4. The van der Waals surface area contributed by atoms with Crippen molar-refractivity contribution in [3.8, 4) is 17.0 Å². The third-order valence-corrected chi connectivity index (χ3v) is 4.54. The Morgan fingerprint density at radius 3 is 2.57 bits per heavy atom. The molecule has 0 saturated carbocycles. The second-order valence-corrected chi connectivity index (χ2v) is 6.77. The van der Waals surface area contributed by atoms with Crippen LogP contribution in [-0.2, 0) is 13.5 Å². The highest BCUT2D eigenvalue weighted by molar-refractivity contribution is 5.58. The molecule has 0 spiro atoms. The maximum atomic E-state index is 14.8. The first-order chi connectivity index (χ1) is 14.5. The number of hydrogen-bond acceptors (Lipinski definition) is 1. The van der Waals surface area contributed by atoms with E-state index in [1.165, 1.54) is 12.1 Å². The van der Waals surface area contributed by atoms with Gasteiger partial charge in [-0.2, -0.15) is 0 Å². The van der Waals surface area contributed by atoms with Crippen molar-refractivity contribution >= 4 is 0 Å². The summed E-state index contributed by atoms with van der Waals surface area (Å²) in [6, 6.07) is 8.51. The number of benzene rings is 1. The SMILES string of the molecule is CC.CCCOc1ccc(F)c(Cc2c[nH]n(C)cc(-c3ccc[nH]3)cc2C)c1F. The lowest BCUT2D eigenvalue weighted by Gasteiger charge is -2.12. The van der Waals surface area contributed by atoms with Crippen molar-refractivity contribution < 1.29 is 13.5 Å². The Morgan fingerprint density at radius 2 is 1.90 bits per heavy atom. The molecule has 0 atom stereocenters. The van der Waals surface area contributed by atoms with Crippen LogP contribution in [0.1, 0.15) is 43.9 Å². The van der Waals surface area contributed by atoms with E-state index in [1.807, 2.05) is 65.3 Å². The van der Waals surface area contributed by atoms with Crippen molar-refractivity contribution in [1.29, 1.82) is 0 Å². The summed E-state index contributed by atoms with van der Waals surface area (Å²) in [5.41, 5.74) is 3.63. The van der Waals surface area contributed by atoms with Gasteiger partial charge in [-0.15, -0.1) is 0 Å². The Morgan fingerprint density at radius 1 is 1.13 bits per heavy atom. The summed E-state index contributed by atoms with van der Waals surface area (Å²) in [6.45, 7) is 8.26. The molecule has 4 nitrogen and oxygen atoms in total. The molecule has 2 N–H and O–H groups in total. The number of halogens is 2. The van der Waals surface area contributed by atoms with Crippen molar-refractivity contribution in [3.05, 3.63) is 77.2 Å². The summed E-state index contributed by atoms with van der Waals surface area (Å²) < 4.78 is 36.5. The van der Waals surface area contributed by atoms with Crippen LogP contribution in [0.15, 0.2) is 48.9 Å². The van der Waals surface area contributed by atoms with Crippen molar-refractivity contribution in [2.24, 2.45) is 7.05 Å². The largest absolute Gasteiger partial charge is 0.491 e. The molecule has 0 amide bonds.